The number of para-hydroxylation sites is 1. The van der Waals surface area contributed by atoms with E-state index in [1.807, 2.05) is 5.32 Å². The number of halogens is 3. The SMILES string of the molecule is C[C@@H](NCC(=O)NC(=O)Nc1ccccc1F)c1ccc(F)cc1F. The Kier molecular flexibility index (Phi) is 6.13. The summed E-state index contributed by atoms with van der Waals surface area (Å²) in [5, 5.41) is 6.93. The average Bonchev–Trinajstić information content (AvgIpc) is 2.54. The molecule has 0 bridgehead atoms. The van der Waals surface area contributed by atoms with E-state index in [1.54, 1.807) is 6.92 Å². The summed E-state index contributed by atoms with van der Waals surface area (Å²) in [5.74, 6) is -2.76. The van der Waals surface area contributed by atoms with Gasteiger partial charge in [-0.1, -0.05) is 18.2 Å². The molecule has 0 aromatic heterocycles. The van der Waals surface area contributed by atoms with E-state index >= 15 is 0 Å². The molecule has 3 amide bonds. The summed E-state index contributed by atoms with van der Waals surface area (Å²) in [6, 6.07) is 7.15. The quantitative estimate of drug-likeness (QED) is 0.775. The zero-order valence-electron chi connectivity index (χ0n) is 13.3. The van der Waals surface area contributed by atoms with Gasteiger partial charge in [0.25, 0.3) is 0 Å². The van der Waals surface area contributed by atoms with E-state index in [1.165, 1.54) is 24.3 Å². The van der Waals surface area contributed by atoms with Crippen molar-refractivity contribution in [2.45, 2.75) is 13.0 Å². The van der Waals surface area contributed by atoms with Crippen LogP contribution in [0.5, 0.6) is 0 Å². The third-order valence-electron chi connectivity index (χ3n) is 3.37. The molecule has 25 heavy (non-hydrogen) atoms. The van der Waals surface area contributed by atoms with Crippen molar-refractivity contribution in [3.63, 3.8) is 0 Å². The first kappa shape index (κ1) is 18.5. The number of carbonyl (C=O) groups excluding carboxylic acids is 2. The molecule has 2 rings (SSSR count). The van der Waals surface area contributed by atoms with E-state index in [9.17, 15) is 22.8 Å². The normalized spacial score (nSPS) is 11.7. The summed E-state index contributed by atoms with van der Waals surface area (Å²) in [4.78, 5) is 23.4. The van der Waals surface area contributed by atoms with Crippen LogP contribution in [0.25, 0.3) is 0 Å². The van der Waals surface area contributed by atoms with Crippen LogP contribution in [0.2, 0.25) is 0 Å². The van der Waals surface area contributed by atoms with E-state index in [0.717, 1.165) is 18.2 Å². The third-order valence-corrected chi connectivity index (χ3v) is 3.37. The van der Waals surface area contributed by atoms with Gasteiger partial charge < -0.3 is 10.6 Å². The van der Waals surface area contributed by atoms with Crippen LogP contribution in [0.15, 0.2) is 42.5 Å². The number of hydrogen-bond donors (Lipinski definition) is 3. The highest BCUT2D eigenvalue weighted by Gasteiger charge is 2.14. The van der Waals surface area contributed by atoms with Crippen LogP contribution in [0.4, 0.5) is 23.7 Å². The van der Waals surface area contributed by atoms with Crippen molar-refractivity contribution in [3.05, 3.63) is 65.5 Å². The minimum atomic E-state index is -0.891. The van der Waals surface area contributed by atoms with Crippen LogP contribution in [-0.2, 0) is 4.79 Å². The van der Waals surface area contributed by atoms with E-state index in [0.29, 0.717) is 0 Å². The van der Waals surface area contributed by atoms with Crippen LogP contribution in [-0.4, -0.2) is 18.5 Å². The van der Waals surface area contributed by atoms with Gasteiger partial charge in [0, 0.05) is 17.7 Å². The van der Waals surface area contributed by atoms with Gasteiger partial charge in [-0.25, -0.2) is 18.0 Å². The Morgan fingerprint density at radius 1 is 1.04 bits per heavy atom. The second kappa shape index (κ2) is 8.29. The monoisotopic (exact) mass is 351 g/mol. The van der Waals surface area contributed by atoms with Crippen molar-refractivity contribution in [3.8, 4) is 0 Å². The molecule has 0 unspecified atom stereocenters. The maximum Gasteiger partial charge on any atom is 0.326 e. The predicted octanol–water partition coefficient (Wildman–Crippen LogP) is 3.10. The molecule has 0 radical (unpaired) electrons. The number of hydrogen-bond acceptors (Lipinski definition) is 3. The highest BCUT2D eigenvalue weighted by Crippen LogP contribution is 2.17. The van der Waals surface area contributed by atoms with E-state index < -0.39 is 35.4 Å². The molecule has 0 aliphatic rings. The average molecular weight is 351 g/mol. The Morgan fingerprint density at radius 2 is 1.76 bits per heavy atom. The molecule has 0 fully saturated rings. The van der Waals surface area contributed by atoms with Crippen LogP contribution in [0.3, 0.4) is 0 Å². The highest BCUT2D eigenvalue weighted by atomic mass is 19.1. The summed E-state index contributed by atoms with van der Waals surface area (Å²) >= 11 is 0. The van der Waals surface area contributed by atoms with Crippen LogP contribution >= 0.6 is 0 Å². The molecule has 0 spiro atoms. The third kappa shape index (κ3) is 5.32. The number of rotatable bonds is 5. The molecule has 2 aromatic carbocycles. The maximum atomic E-state index is 13.6. The molecule has 0 saturated heterocycles. The van der Waals surface area contributed by atoms with Gasteiger partial charge in [0.2, 0.25) is 5.91 Å². The largest absolute Gasteiger partial charge is 0.326 e. The molecule has 5 nitrogen and oxygen atoms in total. The summed E-state index contributed by atoms with van der Waals surface area (Å²) in [6.45, 7) is 1.30. The fourth-order valence-corrected chi connectivity index (χ4v) is 2.10. The Hall–Kier alpha value is -2.87. The summed E-state index contributed by atoms with van der Waals surface area (Å²) in [5.41, 5.74) is 0.118. The molecule has 3 N–H and O–H groups in total. The number of amides is 3. The molecule has 0 aliphatic heterocycles. The molecule has 1 atom stereocenters. The standard InChI is InChI=1S/C17H16F3N3O2/c1-10(12-7-6-11(18)8-14(12)20)21-9-16(24)23-17(25)22-15-5-3-2-4-13(15)19/h2-8,10,21H,9H2,1H3,(H2,22,23,24,25)/t10-/m1/s1. The molecular weight excluding hydrogens is 335 g/mol. The topological polar surface area (TPSA) is 70.2 Å². The highest BCUT2D eigenvalue weighted by molar-refractivity contribution is 6.01. The second-order valence-electron chi connectivity index (χ2n) is 5.25. The van der Waals surface area contributed by atoms with Crippen molar-refractivity contribution in [2.75, 3.05) is 11.9 Å². The predicted molar refractivity (Wildman–Crippen MR) is 86.3 cm³/mol. The lowest BCUT2D eigenvalue weighted by molar-refractivity contribution is -0.119. The van der Waals surface area contributed by atoms with Crippen molar-refractivity contribution >= 4 is 17.6 Å². The zero-order valence-corrected chi connectivity index (χ0v) is 13.3. The maximum absolute atomic E-state index is 13.6. The lowest BCUT2D eigenvalue weighted by Gasteiger charge is -2.15. The fraction of sp³-hybridized carbons (Fsp3) is 0.176. The van der Waals surface area contributed by atoms with E-state index in [4.69, 9.17) is 0 Å². The lowest BCUT2D eigenvalue weighted by atomic mass is 10.1. The first-order chi connectivity index (χ1) is 11.9. The first-order valence-electron chi connectivity index (χ1n) is 7.40. The molecule has 8 heteroatoms. The lowest BCUT2D eigenvalue weighted by Crippen LogP contribution is -2.40. The van der Waals surface area contributed by atoms with Crippen molar-refractivity contribution in [1.82, 2.24) is 10.6 Å². The van der Waals surface area contributed by atoms with Crippen molar-refractivity contribution < 1.29 is 22.8 Å². The molecule has 0 heterocycles. The van der Waals surface area contributed by atoms with Crippen molar-refractivity contribution in [2.24, 2.45) is 0 Å². The molecule has 0 aliphatic carbocycles. The molecule has 0 saturated carbocycles. The zero-order chi connectivity index (χ0) is 18.4. The van der Waals surface area contributed by atoms with E-state index in [2.05, 4.69) is 10.6 Å². The summed E-state index contributed by atoms with van der Waals surface area (Å²) in [6.07, 6.45) is 0. The van der Waals surface area contributed by atoms with Gasteiger partial charge in [0.15, 0.2) is 0 Å². The molecule has 132 valence electrons. The number of nitrogens with one attached hydrogen (secondary N) is 3. The smallest absolute Gasteiger partial charge is 0.305 e. The van der Waals surface area contributed by atoms with Gasteiger partial charge in [-0.3, -0.25) is 10.1 Å². The number of benzene rings is 2. The van der Waals surface area contributed by atoms with E-state index in [-0.39, 0.29) is 17.8 Å². The molecular formula is C17H16F3N3O2. The Morgan fingerprint density at radius 3 is 2.44 bits per heavy atom. The fourth-order valence-electron chi connectivity index (χ4n) is 2.10. The summed E-state index contributed by atoms with van der Waals surface area (Å²) < 4.78 is 39.9. The Balaban J connectivity index is 1.83. The van der Waals surface area contributed by atoms with Gasteiger partial charge in [-0.05, 0) is 25.1 Å². The summed E-state index contributed by atoms with van der Waals surface area (Å²) in [7, 11) is 0. The van der Waals surface area contributed by atoms with Gasteiger partial charge in [-0.2, -0.15) is 0 Å². The van der Waals surface area contributed by atoms with Crippen molar-refractivity contribution in [1.29, 1.82) is 0 Å². The minimum Gasteiger partial charge on any atom is -0.305 e. The second-order valence-corrected chi connectivity index (χ2v) is 5.25. The number of imide groups is 1. The van der Waals surface area contributed by atoms with Gasteiger partial charge in [-0.15, -0.1) is 0 Å². The van der Waals surface area contributed by atoms with Gasteiger partial charge >= 0.3 is 6.03 Å². The first-order valence-corrected chi connectivity index (χ1v) is 7.40. The number of anilines is 1. The Labute approximate surface area is 142 Å². The van der Waals surface area contributed by atoms with Gasteiger partial charge in [0.1, 0.15) is 17.5 Å². The van der Waals surface area contributed by atoms with Crippen LogP contribution in [0.1, 0.15) is 18.5 Å². The molecule has 2 aromatic rings. The number of urea groups is 1. The van der Waals surface area contributed by atoms with Gasteiger partial charge in [0.05, 0.1) is 12.2 Å². The van der Waals surface area contributed by atoms with Crippen LogP contribution < -0.4 is 16.0 Å². The number of carbonyl (C=O) groups is 2. The van der Waals surface area contributed by atoms with Crippen LogP contribution in [0, 0.1) is 17.5 Å². The Bertz CT molecular complexity index is 783. The minimum absolute atomic E-state index is 0.0671.